The Morgan fingerprint density at radius 3 is 2.60 bits per heavy atom. The molecule has 2 aliphatic rings. The molecule has 0 aromatic carbocycles. The van der Waals surface area contributed by atoms with E-state index in [2.05, 4.69) is 23.0 Å². The zero-order valence-electron chi connectivity index (χ0n) is 9.99. The summed E-state index contributed by atoms with van der Waals surface area (Å²) in [6, 6.07) is 0.633. The molecule has 0 radical (unpaired) electrons. The van der Waals surface area contributed by atoms with Crippen LogP contribution in [-0.4, -0.2) is 30.4 Å². The van der Waals surface area contributed by atoms with Crippen molar-refractivity contribution in [1.29, 1.82) is 0 Å². The fraction of sp³-hybridized carbons (Fsp3) is 0.923. The van der Waals surface area contributed by atoms with Gasteiger partial charge in [0.15, 0.2) is 0 Å². The third-order valence-corrected chi connectivity index (χ3v) is 3.90. The molecule has 2 nitrogen and oxygen atoms in total. The third-order valence-electron chi connectivity index (χ3n) is 3.90. The Labute approximate surface area is 93.8 Å². The van der Waals surface area contributed by atoms with Crippen LogP contribution in [0.2, 0.25) is 0 Å². The number of hydrogen-bond donors (Lipinski definition) is 0. The molecule has 1 saturated carbocycles. The molecule has 1 heterocycles. The zero-order valence-corrected chi connectivity index (χ0v) is 9.99. The van der Waals surface area contributed by atoms with Gasteiger partial charge in [-0.05, 0) is 25.2 Å². The van der Waals surface area contributed by atoms with Crippen LogP contribution in [-0.2, 0) is 0 Å². The maximum atomic E-state index is 4.41. The fourth-order valence-corrected chi connectivity index (χ4v) is 2.91. The lowest BCUT2D eigenvalue weighted by Gasteiger charge is -2.26. The van der Waals surface area contributed by atoms with Crippen molar-refractivity contribution >= 4 is 6.21 Å². The second-order valence-electron chi connectivity index (χ2n) is 5.08. The Kier molecular flexibility index (Phi) is 4.18. The van der Waals surface area contributed by atoms with Crippen LogP contribution >= 0.6 is 0 Å². The third kappa shape index (κ3) is 3.04. The largest absolute Gasteiger partial charge is 0.280 e. The maximum Gasteiger partial charge on any atom is 0.0911 e. The van der Waals surface area contributed by atoms with Gasteiger partial charge in [0, 0.05) is 18.8 Å². The summed E-state index contributed by atoms with van der Waals surface area (Å²) >= 11 is 0. The highest BCUT2D eigenvalue weighted by Gasteiger charge is 2.23. The van der Waals surface area contributed by atoms with Crippen molar-refractivity contribution in [3.05, 3.63) is 0 Å². The Bertz CT molecular complexity index is 205. The molecular formula is C13H24N2. The number of nitrogens with zero attached hydrogens (tertiary/aromatic N) is 2. The molecule has 0 aromatic heterocycles. The van der Waals surface area contributed by atoms with Gasteiger partial charge in [-0.3, -0.25) is 9.89 Å². The molecule has 1 unspecified atom stereocenters. The molecule has 2 rings (SSSR count). The van der Waals surface area contributed by atoms with Crippen LogP contribution in [0.3, 0.4) is 0 Å². The SMILES string of the molecule is CCC1C=NCN1CC1CCCCCC1. The van der Waals surface area contributed by atoms with E-state index in [1.54, 1.807) is 0 Å². The molecular weight excluding hydrogens is 184 g/mol. The quantitative estimate of drug-likeness (QED) is 0.651. The van der Waals surface area contributed by atoms with Gasteiger partial charge in [0.05, 0.1) is 6.67 Å². The molecule has 15 heavy (non-hydrogen) atoms. The zero-order chi connectivity index (χ0) is 10.5. The monoisotopic (exact) mass is 208 g/mol. The first kappa shape index (κ1) is 11.1. The van der Waals surface area contributed by atoms with E-state index in [9.17, 15) is 0 Å². The van der Waals surface area contributed by atoms with Gasteiger partial charge in [0.25, 0.3) is 0 Å². The van der Waals surface area contributed by atoms with Gasteiger partial charge in [-0.2, -0.15) is 0 Å². The van der Waals surface area contributed by atoms with E-state index in [0.717, 1.165) is 12.6 Å². The van der Waals surface area contributed by atoms with Crippen LogP contribution in [0.15, 0.2) is 4.99 Å². The molecule has 2 heteroatoms. The standard InChI is InChI=1S/C13H24N2/c1-2-13-9-14-11-15(13)10-12-7-5-3-4-6-8-12/h9,12-13H,2-8,10-11H2,1H3. The van der Waals surface area contributed by atoms with Gasteiger partial charge < -0.3 is 0 Å². The summed E-state index contributed by atoms with van der Waals surface area (Å²) in [5.41, 5.74) is 0. The van der Waals surface area contributed by atoms with Crippen molar-refractivity contribution in [2.75, 3.05) is 13.2 Å². The second-order valence-corrected chi connectivity index (χ2v) is 5.08. The second kappa shape index (κ2) is 5.64. The molecule has 0 saturated heterocycles. The summed E-state index contributed by atoms with van der Waals surface area (Å²) in [6.45, 7) is 4.51. The highest BCUT2D eigenvalue weighted by Crippen LogP contribution is 2.25. The minimum absolute atomic E-state index is 0.633. The molecule has 0 N–H and O–H groups in total. The van der Waals surface area contributed by atoms with Gasteiger partial charge in [-0.15, -0.1) is 0 Å². The van der Waals surface area contributed by atoms with Crippen LogP contribution in [0.4, 0.5) is 0 Å². The van der Waals surface area contributed by atoms with E-state index in [-0.39, 0.29) is 0 Å². The topological polar surface area (TPSA) is 15.6 Å². The predicted octanol–water partition coefficient (Wildman–Crippen LogP) is 3.08. The predicted molar refractivity (Wildman–Crippen MR) is 65.3 cm³/mol. The van der Waals surface area contributed by atoms with Crippen LogP contribution in [0, 0.1) is 5.92 Å². The van der Waals surface area contributed by atoms with E-state index in [1.165, 1.54) is 51.5 Å². The summed E-state index contributed by atoms with van der Waals surface area (Å²) in [5, 5.41) is 0. The first-order valence-corrected chi connectivity index (χ1v) is 6.64. The molecule has 1 fully saturated rings. The smallest absolute Gasteiger partial charge is 0.0911 e. The summed E-state index contributed by atoms with van der Waals surface area (Å²) in [6.07, 6.45) is 12.1. The summed E-state index contributed by atoms with van der Waals surface area (Å²) in [5.74, 6) is 0.947. The lowest BCUT2D eigenvalue weighted by atomic mass is 9.99. The van der Waals surface area contributed by atoms with Gasteiger partial charge in [0.1, 0.15) is 0 Å². The van der Waals surface area contributed by atoms with E-state index in [1.807, 2.05) is 0 Å². The van der Waals surface area contributed by atoms with E-state index >= 15 is 0 Å². The van der Waals surface area contributed by atoms with Gasteiger partial charge in [-0.1, -0.05) is 32.6 Å². The number of hydrogen-bond acceptors (Lipinski definition) is 2. The molecule has 1 atom stereocenters. The van der Waals surface area contributed by atoms with Crippen molar-refractivity contribution in [3.63, 3.8) is 0 Å². The summed E-state index contributed by atoms with van der Waals surface area (Å²) < 4.78 is 0. The molecule has 1 aliphatic heterocycles. The minimum Gasteiger partial charge on any atom is -0.280 e. The highest BCUT2D eigenvalue weighted by molar-refractivity contribution is 5.66. The molecule has 0 bridgehead atoms. The van der Waals surface area contributed by atoms with Crippen molar-refractivity contribution in [3.8, 4) is 0 Å². The lowest BCUT2D eigenvalue weighted by molar-refractivity contribution is 0.213. The Balaban J connectivity index is 1.79. The Morgan fingerprint density at radius 1 is 1.20 bits per heavy atom. The summed E-state index contributed by atoms with van der Waals surface area (Å²) in [7, 11) is 0. The molecule has 0 spiro atoms. The minimum atomic E-state index is 0.633. The van der Waals surface area contributed by atoms with Crippen molar-refractivity contribution in [2.45, 2.75) is 57.9 Å². The molecule has 0 aromatic rings. The highest BCUT2D eigenvalue weighted by atomic mass is 15.3. The van der Waals surface area contributed by atoms with Crippen LogP contribution in [0.25, 0.3) is 0 Å². The molecule has 86 valence electrons. The maximum absolute atomic E-state index is 4.41. The van der Waals surface area contributed by atoms with E-state index < -0.39 is 0 Å². The Hall–Kier alpha value is -0.370. The Morgan fingerprint density at radius 2 is 1.93 bits per heavy atom. The van der Waals surface area contributed by atoms with Crippen LogP contribution < -0.4 is 0 Å². The van der Waals surface area contributed by atoms with Crippen LogP contribution in [0.1, 0.15) is 51.9 Å². The normalized spacial score (nSPS) is 29.5. The van der Waals surface area contributed by atoms with E-state index in [0.29, 0.717) is 6.04 Å². The van der Waals surface area contributed by atoms with Gasteiger partial charge in [-0.25, -0.2) is 0 Å². The average molecular weight is 208 g/mol. The lowest BCUT2D eigenvalue weighted by Crippen LogP contribution is -2.35. The average Bonchev–Trinajstić information content (AvgIpc) is 2.53. The summed E-state index contributed by atoms with van der Waals surface area (Å²) in [4.78, 5) is 6.97. The van der Waals surface area contributed by atoms with Crippen LogP contribution in [0.5, 0.6) is 0 Å². The van der Waals surface area contributed by atoms with Gasteiger partial charge in [0.2, 0.25) is 0 Å². The first-order valence-electron chi connectivity index (χ1n) is 6.64. The molecule has 0 amide bonds. The van der Waals surface area contributed by atoms with E-state index in [4.69, 9.17) is 0 Å². The van der Waals surface area contributed by atoms with Crippen molar-refractivity contribution in [2.24, 2.45) is 10.9 Å². The van der Waals surface area contributed by atoms with Crippen molar-refractivity contribution in [1.82, 2.24) is 4.90 Å². The fourth-order valence-electron chi connectivity index (χ4n) is 2.91. The van der Waals surface area contributed by atoms with Gasteiger partial charge >= 0.3 is 0 Å². The first-order chi connectivity index (χ1) is 7.40. The number of rotatable bonds is 3. The number of aliphatic imine (C=N–C) groups is 1. The molecule has 1 aliphatic carbocycles. The van der Waals surface area contributed by atoms with Crippen molar-refractivity contribution < 1.29 is 0 Å².